The quantitative estimate of drug-likeness (QED) is 0.614. The molecule has 0 radical (unpaired) electrons. The van der Waals surface area contributed by atoms with Gasteiger partial charge in [-0.15, -0.1) is 0 Å². The summed E-state index contributed by atoms with van der Waals surface area (Å²) >= 11 is 12.7. The monoisotopic (exact) mass is 454 g/mol. The van der Waals surface area contributed by atoms with Gasteiger partial charge in [0.15, 0.2) is 0 Å². The maximum absolute atomic E-state index is 12.8. The molecule has 0 atom stereocenters. The van der Waals surface area contributed by atoms with Crippen molar-refractivity contribution in [2.24, 2.45) is 0 Å². The molecule has 1 saturated heterocycles. The van der Waals surface area contributed by atoms with Crippen molar-refractivity contribution in [2.45, 2.75) is 0 Å². The Labute approximate surface area is 190 Å². The number of pyridine rings is 1. The van der Waals surface area contributed by atoms with Crippen LogP contribution in [0.5, 0.6) is 0 Å². The number of aromatic nitrogens is 1. The number of hydrogen-bond acceptors (Lipinski definition) is 4. The molecule has 4 rings (SSSR count). The van der Waals surface area contributed by atoms with Gasteiger partial charge in [0, 0.05) is 49.2 Å². The highest BCUT2D eigenvalue weighted by molar-refractivity contribution is 6.35. The van der Waals surface area contributed by atoms with Crippen LogP contribution in [0, 0.1) is 0 Å². The Hall–Kier alpha value is -2.93. The number of hydrogen-bond donors (Lipinski definition) is 2. The van der Waals surface area contributed by atoms with Crippen molar-refractivity contribution in [1.29, 1.82) is 0 Å². The first-order valence-electron chi connectivity index (χ1n) is 9.85. The molecular formula is C23H20Cl2N4O2. The van der Waals surface area contributed by atoms with E-state index in [1.807, 2.05) is 18.2 Å². The molecule has 1 aliphatic heterocycles. The van der Waals surface area contributed by atoms with Crippen LogP contribution >= 0.6 is 23.2 Å². The number of carbonyl (C=O) groups excluding carboxylic acids is 2. The molecule has 1 aliphatic rings. The van der Waals surface area contributed by atoms with Gasteiger partial charge in [0.05, 0.1) is 21.3 Å². The lowest BCUT2D eigenvalue weighted by Crippen LogP contribution is -2.46. The summed E-state index contributed by atoms with van der Waals surface area (Å²) in [5, 5.41) is 6.80. The number of rotatable bonds is 4. The number of halogens is 2. The molecule has 2 aromatic carbocycles. The lowest BCUT2D eigenvalue weighted by molar-refractivity contribution is 0.0735. The van der Waals surface area contributed by atoms with Gasteiger partial charge in [-0.05, 0) is 48.5 Å². The molecule has 2 heterocycles. The van der Waals surface area contributed by atoms with E-state index in [2.05, 4.69) is 15.6 Å². The van der Waals surface area contributed by atoms with Gasteiger partial charge < -0.3 is 15.5 Å². The van der Waals surface area contributed by atoms with Gasteiger partial charge in [-0.1, -0.05) is 29.3 Å². The number of piperazine rings is 1. The Bertz CT molecular complexity index is 1120. The molecule has 0 aliphatic carbocycles. The molecule has 6 nitrogen and oxygen atoms in total. The number of amides is 2. The fraction of sp³-hybridized carbons (Fsp3) is 0.174. The second kappa shape index (κ2) is 9.47. The van der Waals surface area contributed by atoms with Crippen molar-refractivity contribution in [1.82, 2.24) is 15.2 Å². The van der Waals surface area contributed by atoms with Crippen LogP contribution in [0.4, 0.5) is 5.69 Å². The first-order chi connectivity index (χ1) is 15.0. The van der Waals surface area contributed by atoms with E-state index >= 15 is 0 Å². The molecule has 0 spiro atoms. The molecule has 2 N–H and O–H groups in total. The minimum Gasteiger partial charge on any atom is -0.336 e. The smallest absolute Gasteiger partial charge is 0.257 e. The standard InChI is InChI=1S/C23H20Cl2N4O2/c24-19-7-5-16(14-18(19)21-3-1-2-8-27-21)28-22(30)17-6-4-15(13-20(17)25)23(31)29-11-9-26-10-12-29/h1-8,13-14,26H,9-12H2,(H,28,30). The van der Waals surface area contributed by atoms with Gasteiger partial charge in [-0.2, -0.15) is 0 Å². The van der Waals surface area contributed by atoms with E-state index in [0.29, 0.717) is 40.6 Å². The average molecular weight is 455 g/mol. The summed E-state index contributed by atoms with van der Waals surface area (Å²) in [6, 6.07) is 15.5. The topological polar surface area (TPSA) is 74.3 Å². The Morgan fingerprint density at radius 1 is 0.968 bits per heavy atom. The molecule has 1 aromatic heterocycles. The first-order valence-corrected chi connectivity index (χ1v) is 10.6. The highest BCUT2D eigenvalue weighted by atomic mass is 35.5. The molecular weight excluding hydrogens is 435 g/mol. The SMILES string of the molecule is O=C(Nc1ccc(Cl)c(-c2ccccn2)c1)c1ccc(C(=O)N2CCNCC2)cc1Cl. The van der Waals surface area contributed by atoms with Crippen LogP contribution in [-0.2, 0) is 0 Å². The summed E-state index contributed by atoms with van der Waals surface area (Å²) < 4.78 is 0. The van der Waals surface area contributed by atoms with E-state index in [1.165, 1.54) is 0 Å². The third-order valence-electron chi connectivity index (χ3n) is 5.03. The minimum absolute atomic E-state index is 0.0898. The van der Waals surface area contributed by atoms with E-state index in [4.69, 9.17) is 23.2 Å². The van der Waals surface area contributed by atoms with Gasteiger partial charge >= 0.3 is 0 Å². The minimum atomic E-state index is -0.375. The predicted molar refractivity (Wildman–Crippen MR) is 123 cm³/mol. The van der Waals surface area contributed by atoms with E-state index in [9.17, 15) is 9.59 Å². The average Bonchev–Trinajstić information content (AvgIpc) is 2.80. The summed E-state index contributed by atoms with van der Waals surface area (Å²) in [6.07, 6.45) is 1.68. The molecule has 8 heteroatoms. The molecule has 2 amide bonds. The second-order valence-electron chi connectivity index (χ2n) is 7.10. The van der Waals surface area contributed by atoms with E-state index < -0.39 is 0 Å². The van der Waals surface area contributed by atoms with E-state index in [1.54, 1.807) is 47.5 Å². The van der Waals surface area contributed by atoms with Gasteiger partial charge in [0.25, 0.3) is 11.8 Å². The van der Waals surface area contributed by atoms with Gasteiger partial charge in [-0.25, -0.2) is 0 Å². The molecule has 0 saturated carbocycles. The summed E-state index contributed by atoms with van der Waals surface area (Å²) in [5.74, 6) is -0.464. The molecule has 3 aromatic rings. The zero-order chi connectivity index (χ0) is 21.8. The largest absolute Gasteiger partial charge is 0.336 e. The number of nitrogens with one attached hydrogen (secondary N) is 2. The Morgan fingerprint density at radius 3 is 2.48 bits per heavy atom. The Morgan fingerprint density at radius 2 is 1.77 bits per heavy atom. The third-order valence-corrected chi connectivity index (χ3v) is 5.67. The normalized spacial score (nSPS) is 13.7. The van der Waals surface area contributed by atoms with Gasteiger partial charge in [0.2, 0.25) is 0 Å². The Kier molecular flexibility index (Phi) is 6.51. The fourth-order valence-corrected chi connectivity index (χ4v) is 3.88. The zero-order valence-corrected chi connectivity index (χ0v) is 18.1. The molecule has 31 heavy (non-hydrogen) atoms. The first kappa shape index (κ1) is 21.3. The van der Waals surface area contributed by atoms with Crippen LogP contribution in [0.1, 0.15) is 20.7 Å². The summed E-state index contributed by atoms with van der Waals surface area (Å²) in [4.78, 5) is 31.5. The maximum Gasteiger partial charge on any atom is 0.257 e. The van der Waals surface area contributed by atoms with Crippen LogP contribution in [-0.4, -0.2) is 47.9 Å². The molecule has 0 unspecified atom stereocenters. The van der Waals surface area contributed by atoms with Crippen molar-refractivity contribution in [3.8, 4) is 11.3 Å². The number of nitrogens with zero attached hydrogens (tertiary/aromatic N) is 2. The van der Waals surface area contributed by atoms with Crippen molar-refractivity contribution in [3.63, 3.8) is 0 Å². The summed E-state index contributed by atoms with van der Waals surface area (Å²) in [5.41, 5.74) is 2.73. The van der Waals surface area contributed by atoms with Crippen molar-refractivity contribution < 1.29 is 9.59 Å². The maximum atomic E-state index is 12.8. The van der Waals surface area contributed by atoms with Crippen molar-refractivity contribution in [2.75, 3.05) is 31.5 Å². The van der Waals surface area contributed by atoms with Crippen LogP contribution in [0.2, 0.25) is 10.0 Å². The zero-order valence-electron chi connectivity index (χ0n) is 16.6. The summed E-state index contributed by atoms with van der Waals surface area (Å²) in [6.45, 7) is 2.82. The third kappa shape index (κ3) is 4.88. The van der Waals surface area contributed by atoms with Gasteiger partial charge in [0.1, 0.15) is 0 Å². The van der Waals surface area contributed by atoms with Crippen molar-refractivity contribution in [3.05, 3.63) is 82.0 Å². The van der Waals surface area contributed by atoms with E-state index in [-0.39, 0.29) is 22.4 Å². The fourth-order valence-electron chi connectivity index (χ4n) is 3.40. The molecule has 0 bridgehead atoms. The number of anilines is 1. The van der Waals surface area contributed by atoms with Crippen LogP contribution in [0.3, 0.4) is 0 Å². The van der Waals surface area contributed by atoms with Gasteiger partial charge in [-0.3, -0.25) is 14.6 Å². The highest BCUT2D eigenvalue weighted by Gasteiger charge is 2.20. The Balaban J connectivity index is 1.52. The lowest BCUT2D eigenvalue weighted by atomic mass is 10.1. The van der Waals surface area contributed by atoms with Crippen LogP contribution < -0.4 is 10.6 Å². The molecule has 158 valence electrons. The van der Waals surface area contributed by atoms with Crippen LogP contribution in [0.25, 0.3) is 11.3 Å². The van der Waals surface area contributed by atoms with E-state index in [0.717, 1.165) is 13.1 Å². The number of carbonyl (C=O) groups is 2. The second-order valence-corrected chi connectivity index (χ2v) is 7.91. The lowest BCUT2D eigenvalue weighted by Gasteiger charge is -2.27. The predicted octanol–water partition coefficient (Wildman–Crippen LogP) is 4.35. The van der Waals surface area contributed by atoms with Crippen molar-refractivity contribution >= 4 is 40.7 Å². The highest BCUT2D eigenvalue weighted by Crippen LogP contribution is 2.30. The summed E-state index contributed by atoms with van der Waals surface area (Å²) in [7, 11) is 0. The molecule has 1 fully saturated rings. The van der Waals surface area contributed by atoms with Crippen LogP contribution in [0.15, 0.2) is 60.8 Å². The number of benzene rings is 2.